The maximum absolute atomic E-state index is 12.9. The minimum Gasteiger partial charge on any atom is -0.301 e. The molecule has 4 rings (SSSR count). The minimum absolute atomic E-state index is 0.0446. The lowest BCUT2D eigenvalue weighted by Gasteiger charge is -2.22. The maximum atomic E-state index is 12.9. The van der Waals surface area contributed by atoms with Gasteiger partial charge in [0.1, 0.15) is 13.1 Å². The number of halogens is 1. The summed E-state index contributed by atoms with van der Waals surface area (Å²) < 4.78 is 0.862. The molecule has 1 aliphatic rings. The van der Waals surface area contributed by atoms with E-state index in [-0.39, 0.29) is 19.0 Å². The Hall–Kier alpha value is -3.58. The average Bonchev–Trinajstić information content (AvgIpc) is 2.92. The second-order valence-electron chi connectivity index (χ2n) is 6.88. The van der Waals surface area contributed by atoms with Crippen molar-refractivity contribution in [1.29, 1.82) is 0 Å². The van der Waals surface area contributed by atoms with Crippen molar-refractivity contribution in [2.24, 2.45) is 10.1 Å². The largest absolute Gasteiger partial charge is 0.301 e. The van der Waals surface area contributed by atoms with E-state index in [4.69, 9.17) is 0 Å². The van der Waals surface area contributed by atoms with Crippen LogP contribution < -0.4 is 10.3 Å². The number of amides is 2. The van der Waals surface area contributed by atoms with Gasteiger partial charge in [0.15, 0.2) is 0 Å². The molecule has 154 valence electrons. The highest BCUT2D eigenvalue weighted by molar-refractivity contribution is 9.10. The van der Waals surface area contributed by atoms with Gasteiger partial charge in [-0.25, -0.2) is 5.43 Å². The molecule has 3 aromatic rings. The van der Waals surface area contributed by atoms with Crippen LogP contribution in [0.25, 0.3) is 0 Å². The number of carbonyl (C=O) groups is 2. The molecule has 1 N–H and O–H groups in total. The van der Waals surface area contributed by atoms with Crippen LogP contribution in [-0.2, 0) is 9.59 Å². The Morgan fingerprint density at radius 3 is 2.52 bits per heavy atom. The monoisotopic (exact) mass is 474 g/mol. The number of benzodiazepines with no additional fused rings is 1. The maximum Gasteiger partial charge on any atom is 0.260 e. The molecule has 0 saturated carbocycles. The first kappa shape index (κ1) is 20.7. The fourth-order valence-electron chi connectivity index (χ4n) is 3.30. The summed E-state index contributed by atoms with van der Waals surface area (Å²) >= 11 is 3.50. The van der Waals surface area contributed by atoms with Crippen molar-refractivity contribution in [3.05, 3.63) is 100 Å². The van der Waals surface area contributed by atoms with Crippen molar-refractivity contribution >= 4 is 45.4 Å². The van der Waals surface area contributed by atoms with Crippen LogP contribution in [0.3, 0.4) is 0 Å². The first-order valence-corrected chi connectivity index (χ1v) is 10.5. The number of benzene rings is 3. The lowest BCUT2D eigenvalue weighted by molar-refractivity contribution is -0.123. The summed E-state index contributed by atoms with van der Waals surface area (Å²) in [5.74, 6) is -0.644. The third-order valence-electron chi connectivity index (χ3n) is 4.73. The molecule has 1 aliphatic heterocycles. The second kappa shape index (κ2) is 9.49. The van der Waals surface area contributed by atoms with E-state index in [0.29, 0.717) is 5.69 Å². The molecule has 0 saturated heterocycles. The Morgan fingerprint density at radius 1 is 1.06 bits per heavy atom. The van der Waals surface area contributed by atoms with Crippen molar-refractivity contribution in [3.63, 3.8) is 0 Å². The number of hydrazone groups is 1. The molecule has 2 amide bonds. The molecule has 0 fully saturated rings. The number of nitrogens with zero attached hydrogens (tertiary/aromatic N) is 3. The highest BCUT2D eigenvalue weighted by atomic mass is 79.9. The number of carbonyl (C=O) groups excluding carboxylic acids is 2. The van der Waals surface area contributed by atoms with Crippen molar-refractivity contribution in [2.75, 3.05) is 18.0 Å². The number of hydrogen-bond donors (Lipinski definition) is 1. The number of rotatable bonds is 5. The first-order chi connectivity index (χ1) is 15.1. The Morgan fingerprint density at radius 2 is 1.77 bits per heavy atom. The fraction of sp³-hybridized carbons (Fsp3) is 0.0833. The third-order valence-corrected chi connectivity index (χ3v) is 5.22. The Labute approximate surface area is 188 Å². The van der Waals surface area contributed by atoms with Crippen LogP contribution in [0, 0.1) is 0 Å². The zero-order valence-corrected chi connectivity index (χ0v) is 18.1. The van der Waals surface area contributed by atoms with Crippen LogP contribution in [0.2, 0.25) is 0 Å². The number of aliphatic imine (C=N–C) groups is 1. The van der Waals surface area contributed by atoms with Gasteiger partial charge in [-0.1, -0.05) is 76.6 Å². The standard InChI is InChI=1S/C24H19BrN4O2/c25-19-11-12-21-20(13-19)24(18-9-5-2-6-10-18)26-15-23(31)29(21)16-22(30)28-27-14-17-7-3-1-4-8-17/h1-14H,15-16H2,(H,28,30)/b27-14-. The summed E-state index contributed by atoms with van der Waals surface area (Å²) in [6.45, 7) is -0.200. The Balaban J connectivity index is 1.58. The zero-order chi connectivity index (χ0) is 21.6. The lowest BCUT2D eigenvalue weighted by atomic mass is 10.0. The van der Waals surface area contributed by atoms with Gasteiger partial charge < -0.3 is 4.90 Å². The van der Waals surface area contributed by atoms with Crippen molar-refractivity contribution in [2.45, 2.75) is 0 Å². The molecule has 0 aliphatic carbocycles. The van der Waals surface area contributed by atoms with E-state index in [2.05, 4.69) is 31.4 Å². The van der Waals surface area contributed by atoms with E-state index in [1.54, 1.807) is 6.21 Å². The predicted molar refractivity (Wildman–Crippen MR) is 126 cm³/mol. The van der Waals surface area contributed by atoms with E-state index in [1.165, 1.54) is 4.90 Å². The van der Waals surface area contributed by atoms with Crippen LogP contribution >= 0.6 is 15.9 Å². The fourth-order valence-corrected chi connectivity index (χ4v) is 3.66. The van der Waals surface area contributed by atoms with Gasteiger partial charge in [-0.2, -0.15) is 5.10 Å². The van der Waals surface area contributed by atoms with Gasteiger partial charge in [0.25, 0.3) is 5.91 Å². The Kier molecular flexibility index (Phi) is 6.33. The number of anilines is 1. The SMILES string of the molecule is O=C(CN1C(=O)CN=C(c2ccccc2)c2cc(Br)ccc21)N/N=C\c1ccccc1. The first-order valence-electron chi connectivity index (χ1n) is 9.69. The molecule has 7 heteroatoms. The third kappa shape index (κ3) is 4.95. The molecule has 1 heterocycles. The van der Waals surface area contributed by atoms with Crippen molar-refractivity contribution < 1.29 is 9.59 Å². The molecule has 3 aromatic carbocycles. The van der Waals surface area contributed by atoms with Crippen LogP contribution in [0.4, 0.5) is 5.69 Å². The number of nitrogens with one attached hydrogen (secondary N) is 1. The molecule has 0 radical (unpaired) electrons. The van der Waals surface area contributed by atoms with Crippen molar-refractivity contribution in [1.82, 2.24) is 5.43 Å². The van der Waals surface area contributed by atoms with Crippen LogP contribution in [0.15, 0.2) is 93.4 Å². The summed E-state index contributed by atoms with van der Waals surface area (Å²) in [6, 6.07) is 24.7. The molecule has 0 bridgehead atoms. The number of fused-ring (bicyclic) bond motifs is 1. The van der Waals surface area contributed by atoms with Gasteiger partial charge in [-0.05, 0) is 23.8 Å². The smallest absolute Gasteiger partial charge is 0.260 e. The van der Waals surface area contributed by atoms with Crippen LogP contribution in [-0.4, -0.2) is 36.8 Å². The van der Waals surface area contributed by atoms with E-state index in [9.17, 15) is 9.59 Å². The topological polar surface area (TPSA) is 74.1 Å². The molecular weight excluding hydrogens is 456 g/mol. The highest BCUT2D eigenvalue weighted by Gasteiger charge is 2.26. The van der Waals surface area contributed by atoms with Gasteiger partial charge in [0.05, 0.1) is 17.6 Å². The van der Waals surface area contributed by atoms with Crippen molar-refractivity contribution in [3.8, 4) is 0 Å². The zero-order valence-electron chi connectivity index (χ0n) is 16.5. The quantitative estimate of drug-likeness (QED) is 0.451. The lowest BCUT2D eigenvalue weighted by Crippen LogP contribution is -2.40. The molecule has 6 nitrogen and oxygen atoms in total. The Bertz CT molecular complexity index is 1160. The summed E-state index contributed by atoms with van der Waals surface area (Å²) in [7, 11) is 0. The van der Waals surface area contributed by atoms with E-state index >= 15 is 0 Å². The number of hydrogen-bond acceptors (Lipinski definition) is 4. The molecular formula is C24H19BrN4O2. The summed E-state index contributed by atoms with van der Waals surface area (Å²) in [5, 5.41) is 3.99. The predicted octanol–water partition coefficient (Wildman–Crippen LogP) is 3.78. The normalized spacial score (nSPS) is 13.5. The molecule has 0 aromatic heterocycles. The highest BCUT2D eigenvalue weighted by Crippen LogP contribution is 2.29. The summed E-state index contributed by atoms with van der Waals surface area (Å²) in [4.78, 5) is 31.4. The second-order valence-corrected chi connectivity index (χ2v) is 7.79. The summed E-state index contributed by atoms with van der Waals surface area (Å²) in [6.07, 6.45) is 1.56. The molecule has 0 atom stereocenters. The molecule has 0 spiro atoms. The van der Waals surface area contributed by atoms with Crippen LogP contribution in [0.5, 0.6) is 0 Å². The van der Waals surface area contributed by atoms with E-state index < -0.39 is 5.91 Å². The molecule has 31 heavy (non-hydrogen) atoms. The van der Waals surface area contributed by atoms with E-state index in [1.807, 2.05) is 78.9 Å². The van der Waals surface area contributed by atoms with Gasteiger partial charge in [-0.15, -0.1) is 0 Å². The summed E-state index contributed by atoms with van der Waals surface area (Å²) in [5.41, 5.74) is 6.41. The van der Waals surface area contributed by atoms with Crippen LogP contribution in [0.1, 0.15) is 16.7 Å². The van der Waals surface area contributed by atoms with Gasteiger partial charge >= 0.3 is 0 Å². The minimum atomic E-state index is -0.391. The van der Waals surface area contributed by atoms with Gasteiger partial charge in [0.2, 0.25) is 5.91 Å². The van der Waals surface area contributed by atoms with Gasteiger partial charge in [-0.3, -0.25) is 14.6 Å². The molecule has 0 unspecified atom stereocenters. The average molecular weight is 475 g/mol. The van der Waals surface area contributed by atoms with Gasteiger partial charge in [0, 0.05) is 15.6 Å². The van der Waals surface area contributed by atoms with E-state index in [0.717, 1.165) is 26.9 Å².